The monoisotopic (exact) mass is 217 g/mol. The molecule has 0 heterocycles. The van der Waals surface area contributed by atoms with Gasteiger partial charge in [-0.3, -0.25) is 0 Å². The first-order valence-corrected chi connectivity index (χ1v) is 4.42. The molecular weight excluding hydrogens is 206 g/mol. The molecule has 5 heteroatoms. The lowest BCUT2D eigenvalue weighted by molar-refractivity contribution is 0.186. The first-order valence-electron chi connectivity index (χ1n) is 4.04. The van der Waals surface area contributed by atoms with E-state index in [1.807, 2.05) is 0 Å². The normalized spacial score (nSPS) is 12.6. The number of hydrogen-bond acceptors (Lipinski definition) is 4. The first kappa shape index (κ1) is 11.1. The van der Waals surface area contributed by atoms with Crippen LogP contribution in [0.2, 0.25) is 5.02 Å². The molecule has 0 saturated heterocycles. The Bertz CT molecular complexity index is 330. The van der Waals surface area contributed by atoms with Crippen LogP contribution < -0.4 is 10.5 Å². The molecule has 0 radical (unpaired) electrons. The van der Waals surface area contributed by atoms with Gasteiger partial charge in [-0.2, -0.15) is 0 Å². The summed E-state index contributed by atoms with van der Waals surface area (Å²) in [7, 11) is 1.42. The summed E-state index contributed by atoms with van der Waals surface area (Å²) >= 11 is 5.85. The SMILES string of the molecule is COc1cc(Cl)c(C(O)CN)cc1O. The largest absolute Gasteiger partial charge is 0.504 e. The van der Waals surface area contributed by atoms with Crippen molar-refractivity contribution in [1.82, 2.24) is 0 Å². The highest BCUT2D eigenvalue weighted by atomic mass is 35.5. The summed E-state index contributed by atoms with van der Waals surface area (Å²) in [5, 5.41) is 19.2. The van der Waals surface area contributed by atoms with Gasteiger partial charge in [0.2, 0.25) is 0 Å². The molecule has 0 aromatic heterocycles. The van der Waals surface area contributed by atoms with Gasteiger partial charge in [-0.25, -0.2) is 0 Å². The minimum atomic E-state index is -0.876. The third-order valence-electron chi connectivity index (χ3n) is 1.88. The summed E-state index contributed by atoms with van der Waals surface area (Å²) in [4.78, 5) is 0. The van der Waals surface area contributed by atoms with Crippen LogP contribution in [0.4, 0.5) is 0 Å². The van der Waals surface area contributed by atoms with Gasteiger partial charge in [-0.15, -0.1) is 0 Å². The third-order valence-corrected chi connectivity index (χ3v) is 2.21. The number of aliphatic hydroxyl groups is 1. The van der Waals surface area contributed by atoms with Crippen molar-refractivity contribution in [3.63, 3.8) is 0 Å². The van der Waals surface area contributed by atoms with Crippen molar-refractivity contribution in [3.05, 3.63) is 22.7 Å². The van der Waals surface area contributed by atoms with Crippen LogP contribution in [0.3, 0.4) is 0 Å². The Morgan fingerprint density at radius 3 is 2.71 bits per heavy atom. The van der Waals surface area contributed by atoms with E-state index in [0.29, 0.717) is 10.6 Å². The number of phenols is 1. The summed E-state index contributed by atoms with van der Waals surface area (Å²) in [6.07, 6.45) is -0.876. The topological polar surface area (TPSA) is 75.7 Å². The van der Waals surface area contributed by atoms with Crippen molar-refractivity contribution < 1.29 is 14.9 Å². The number of aliphatic hydroxyl groups excluding tert-OH is 1. The molecule has 1 aromatic carbocycles. The molecule has 14 heavy (non-hydrogen) atoms. The van der Waals surface area contributed by atoms with Gasteiger partial charge < -0.3 is 20.7 Å². The molecular formula is C9H12ClNO3. The Morgan fingerprint density at radius 1 is 1.57 bits per heavy atom. The van der Waals surface area contributed by atoms with Crippen LogP contribution >= 0.6 is 11.6 Å². The maximum absolute atomic E-state index is 9.44. The molecule has 0 aliphatic heterocycles. The van der Waals surface area contributed by atoms with Crippen molar-refractivity contribution in [1.29, 1.82) is 0 Å². The first-order chi connectivity index (χ1) is 6.60. The number of hydrogen-bond donors (Lipinski definition) is 3. The zero-order chi connectivity index (χ0) is 10.7. The standard InChI is InChI=1S/C9H12ClNO3/c1-14-9-3-6(10)5(2-7(9)12)8(13)4-11/h2-3,8,12-13H,4,11H2,1H3. The number of methoxy groups -OCH3 is 1. The molecule has 0 aliphatic rings. The van der Waals surface area contributed by atoms with Gasteiger partial charge in [0.05, 0.1) is 18.2 Å². The Kier molecular flexibility index (Phi) is 3.57. The average Bonchev–Trinajstić information content (AvgIpc) is 2.19. The Labute approximate surface area is 86.9 Å². The second-order valence-electron chi connectivity index (χ2n) is 2.80. The van der Waals surface area contributed by atoms with Gasteiger partial charge in [0.1, 0.15) is 0 Å². The summed E-state index contributed by atoms with van der Waals surface area (Å²) in [5.41, 5.74) is 5.67. The van der Waals surface area contributed by atoms with Gasteiger partial charge in [0.25, 0.3) is 0 Å². The number of halogens is 1. The van der Waals surface area contributed by atoms with Crippen LogP contribution in [0.15, 0.2) is 12.1 Å². The molecule has 1 unspecified atom stereocenters. The van der Waals surface area contributed by atoms with E-state index in [2.05, 4.69) is 0 Å². The van der Waals surface area contributed by atoms with Crippen molar-refractivity contribution in [3.8, 4) is 11.5 Å². The van der Waals surface area contributed by atoms with Crippen LogP contribution in [0.5, 0.6) is 11.5 Å². The molecule has 4 nitrogen and oxygen atoms in total. The van der Waals surface area contributed by atoms with Gasteiger partial charge in [-0.05, 0) is 6.07 Å². The predicted octanol–water partition coefficient (Wildman–Crippen LogP) is 1.05. The van der Waals surface area contributed by atoms with Crippen molar-refractivity contribution in [2.24, 2.45) is 5.73 Å². The highest BCUT2D eigenvalue weighted by Crippen LogP contribution is 2.34. The highest BCUT2D eigenvalue weighted by molar-refractivity contribution is 6.31. The smallest absolute Gasteiger partial charge is 0.161 e. The zero-order valence-corrected chi connectivity index (χ0v) is 8.45. The molecule has 1 rings (SSSR count). The summed E-state index contributed by atoms with van der Waals surface area (Å²) in [6, 6.07) is 2.78. The van der Waals surface area contributed by atoms with E-state index in [-0.39, 0.29) is 18.0 Å². The van der Waals surface area contributed by atoms with E-state index in [4.69, 9.17) is 22.1 Å². The molecule has 1 atom stereocenters. The summed E-state index contributed by atoms with van der Waals surface area (Å²) in [5.74, 6) is 0.197. The maximum atomic E-state index is 9.44. The Morgan fingerprint density at radius 2 is 2.21 bits per heavy atom. The molecule has 1 aromatic rings. The predicted molar refractivity (Wildman–Crippen MR) is 53.7 cm³/mol. The molecule has 0 bridgehead atoms. The fourth-order valence-electron chi connectivity index (χ4n) is 1.11. The van der Waals surface area contributed by atoms with Crippen molar-refractivity contribution >= 4 is 11.6 Å². The number of nitrogens with two attached hydrogens (primary N) is 1. The van der Waals surface area contributed by atoms with Crippen LogP contribution in [-0.4, -0.2) is 23.9 Å². The average molecular weight is 218 g/mol. The summed E-state index contributed by atoms with van der Waals surface area (Å²) in [6.45, 7) is 0.0471. The third kappa shape index (κ3) is 2.09. The lowest BCUT2D eigenvalue weighted by Gasteiger charge is -2.12. The number of aromatic hydroxyl groups is 1. The van der Waals surface area contributed by atoms with Gasteiger partial charge in [-0.1, -0.05) is 11.6 Å². The zero-order valence-electron chi connectivity index (χ0n) is 7.70. The molecule has 78 valence electrons. The molecule has 0 aliphatic carbocycles. The van der Waals surface area contributed by atoms with Gasteiger partial charge in [0, 0.05) is 18.2 Å². The highest BCUT2D eigenvalue weighted by Gasteiger charge is 2.13. The van der Waals surface area contributed by atoms with E-state index in [0.717, 1.165) is 0 Å². The number of rotatable bonds is 3. The molecule has 0 spiro atoms. The number of benzene rings is 1. The second-order valence-corrected chi connectivity index (χ2v) is 3.20. The summed E-state index contributed by atoms with van der Waals surface area (Å²) < 4.78 is 4.85. The maximum Gasteiger partial charge on any atom is 0.161 e. The lowest BCUT2D eigenvalue weighted by atomic mass is 10.1. The van der Waals surface area contributed by atoms with Crippen LogP contribution in [0, 0.1) is 0 Å². The quantitative estimate of drug-likeness (QED) is 0.707. The van der Waals surface area contributed by atoms with Gasteiger partial charge >= 0.3 is 0 Å². The fraction of sp³-hybridized carbons (Fsp3) is 0.333. The molecule has 0 amide bonds. The van der Waals surface area contributed by atoms with Crippen molar-refractivity contribution in [2.75, 3.05) is 13.7 Å². The van der Waals surface area contributed by atoms with Crippen LogP contribution in [0.25, 0.3) is 0 Å². The minimum Gasteiger partial charge on any atom is -0.504 e. The van der Waals surface area contributed by atoms with E-state index in [9.17, 15) is 10.2 Å². The van der Waals surface area contributed by atoms with E-state index >= 15 is 0 Å². The molecule has 0 fully saturated rings. The van der Waals surface area contributed by atoms with Crippen LogP contribution in [-0.2, 0) is 0 Å². The lowest BCUT2D eigenvalue weighted by Crippen LogP contribution is -2.11. The molecule has 0 saturated carbocycles. The second kappa shape index (κ2) is 4.50. The Hall–Kier alpha value is -0.970. The van der Waals surface area contributed by atoms with E-state index in [1.54, 1.807) is 0 Å². The van der Waals surface area contributed by atoms with E-state index in [1.165, 1.54) is 19.2 Å². The van der Waals surface area contributed by atoms with Crippen molar-refractivity contribution in [2.45, 2.75) is 6.10 Å². The Balaban J connectivity index is 3.14. The van der Waals surface area contributed by atoms with E-state index < -0.39 is 6.10 Å². The van der Waals surface area contributed by atoms with Gasteiger partial charge in [0.15, 0.2) is 11.5 Å². The number of ether oxygens (including phenoxy) is 1. The fourth-order valence-corrected chi connectivity index (χ4v) is 1.39. The van der Waals surface area contributed by atoms with Crippen LogP contribution in [0.1, 0.15) is 11.7 Å². The molecule has 4 N–H and O–H groups in total. The minimum absolute atomic E-state index is 0.0471. The number of phenolic OH excluding ortho intramolecular Hbond substituents is 1.